The van der Waals surface area contributed by atoms with E-state index in [0.717, 1.165) is 38.2 Å². The van der Waals surface area contributed by atoms with Crippen molar-refractivity contribution < 1.29 is 4.74 Å². The zero-order chi connectivity index (χ0) is 10.7. The minimum Gasteiger partial charge on any atom is -0.380 e. The second kappa shape index (κ2) is 4.33. The number of aromatic nitrogens is 2. The number of hydrogen-bond donors (Lipinski definition) is 1. The molecule has 1 atom stereocenters. The lowest BCUT2D eigenvalue weighted by Crippen LogP contribution is -2.49. The summed E-state index contributed by atoms with van der Waals surface area (Å²) in [5.74, 6) is 1.07. The van der Waals surface area contributed by atoms with Crippen LogP contribution < -0.4 is 5.73 Å². The van der Waals surface area contributed by atoms with Crippen LogP contribution in [-0.2, 0) is 17.7 Å². The maximum atomic E-state index is 6.30. The van der Waals surface area contributed by atoms with Crippen LogP contribution in [0.25, 0.3) is 0 Å². The Bertz CT molecular complexity index is 315. The number of ether oxygens (including phenoxy) is 1. The van der Waals surface area contributed by atoms with Gasteiger partial charge in [-0.1, -0.05) is 0 Å². The Labute approximate surface area is 90.4 Å². The minimum absolute atomic E-state index is 0.212. The quantitative estimate of drug-likeness (QED) is 0.806. The fraction of sp³-hybridized carbons (Fsp3) is 0.727. The highest BCUT2D eigenvalue weighted by Crippen LogP contribution is 2.20. The van der Waals surface area contributed by atoms with Gasteiger partial charge in [0.2, 0.25) is 0 Å². The summed E-state index contributed by atoms with van der Waals surface area (Å²) in [4.78, 5) is 4.35. The van der Waals surface area contributed by atoms with Gasteiger partial charge in [0.15, 0.2) is 0 Å². The van der Waals surface area contributed by atoms with Gasteiger partial charge in [0, 0.05) is 37.5 Å². The van der Waals surface area contributed by atoms with Gasteiger partial charge in [-0.2, -0.15) is 0 Å². The molecule has 1 aliphatic heterocycles. The summed E-state index contributed by atoms with van der Waals surface area (Å²) in [6.07, 6.45) is 6.75. The second-order valence-corrected chi connectivity index (χ2v) is 4.32. The zero-order valence-electron chi connectivity index (χ0n) is 9.28. The molecule has 1 aromatic heterocycles. The number of hydrogen-bond acceptors (Lipinski definition) is 3. The molecule has 0 saturated carbocycles. The lowest BCUT2D eigenvalue weighted by Gasteiger charge is -2.33. The number of aryl methyl sites for hydroxylation is 1. The first-order chi connectivity index (χ1) is 7.23. The Morgan fingerprint density at radius 3 is 3.20 bits per heavy atom. The lowest BCUT2D eigenvalue weighted by atomic mass is 9.90. The molecular formula is C11H19N3O. The first kappa shape index (κ1) is 10.6. The van der Waals surface area contributed by atoms with E-state index in [1.165, 1.54) is 0 Å². The van der Waals surface area contributed by atoms with E-state index in [2.05, 4.69) is 16.5 Å². The number of rotatable bonds is 3. The molecule has 0 amide bonds. The first-order valence-corrected chi connectivity index (χ1v) is 5.60. The van der Waals surface area contributed by atoms with Gasteiger partial charge in [-0.3, -0.25) is 0 Å². The molecule has 4 heteroatoms. The van der Waals surface area contributed by atoms with Gasteiger partial charge < -0.3 is 15.0 Å². The molecule has 2 N–H and O–H groups in total. The van der Waals surface area contributed by atoms with Crippen LogP contribution in [0.5, 0.6) is 0 Å². The van der Waals surface area contributed by atoms with E-state index in [1.54, 1.807) is 0 Å². The molecule has 2 heterocycles. The SMILES string of the molecule is CCn1ccnc1CC1(N)CCCOC1. The summed E-state index contributed by atoms with van der Waals surface area (Å²) in [5.41, 5.74) is 6.08. The molecule has 4 nitrogen and oxygen atoms in total. The Kier molecular flexibility index (Phi) is 3.07. The van der Waals surface area contributed by atoms with E-state index in [1.807, 2.05) is 12.4 Å². The number of imidazole rings is 1. The monoisotopic (exact) mass is 209 g/mol. The molecule has 1 saturated heterocycles. The summed E-state index contributed by atoms with van der Waals surface area (Å²) in [5, 5.41) is 0. The molecule has 1 fully saturated rings. The average Bonchev–Trinajstić information content (AvgIpc) is 2.65. The van der Waals surface area contributed by atoms with Crippen LogP contribution in [0.3, 0.4) is 0 Å². The third-order valence-corrected chi connectivity index (χ3v) is 3.01. The lowest BCUT2D eigenvalue weighted by molar-refractivity contribution is 0.0371. The van der Waals surface area contributed by atoms with Crippen molar-refractivity contribution in [3.8, 4) is 0 Å². The van der Waals surface area contributed by atoms with Gasteiger partial charge in [-0.15, -0.1) is 0 Å². The summed E-state index contributed by atoms with van der Waals surface area (Å²) < 4.78 is 7.59. The number of nitrogens with zero attached hydrogens (tertiary/aromatic N) is 2. The van der Waals surface area contributed by atoms with Crippen LogP contribution in [0, 0.1) is 0 Å². The van der Waals surface area contributed by atoms with Crippen LogP contribution in [0.2, 0.25) is 0 Å². The van der Waals surface area contributed by atoms with Crippen molar-refractivity contribution in [2.24, 2.45) is 5.73 Å². The Hall–Kier alpha value is -0.870. The van der Waals surface area contributed by atoms with Crippen molar-refractivity contribution >= 4 is 0 Å². The van der Waals surface area contributed by atoms with E-state index in [9.17, 15) is 0 Å². The molecule has 2 rings (SSSR count). The topological polar surface area (TPSA) is 53.1 Å². The molecular weight excluding hydrogens is 190 g/mol. The summed E-state index contributed by atoms with van der Waals surface area (Å²) in [7, 11) is 0. The Morgan fingerprint density at radius 2 is 2.53 bits per heavy atom. The molecule has 1 aromatic rings. The Morgan fingerprint density at radius 1 is 1.67 bits per heavy atom. The summed E-state index contributed by atoms with van der Waals surface area (Å²) >= 11 is 0. The van der Waals surface area contributed by atoms with E-state index >= 15 is 0 Å². The fourth-order valence-corrected chi connectivity index (χ4v) is 2.12. The van der Waals surface area contributed by atoms with Crippen LogP contribution >= 0.6 is 0 Å². The molecule has 0 spiro atoms. The maximum Gasteiger partial charge on any atom is 0.110 e. The van der Waals surface area contributed by atoms with Crippen molar-refractivity contribution in [3.05, 3.63) is 18.2 Å². The number of nitrogens with two attached hydrogens (primary N) is 1. The molecule has 0 radical (unpaired) electrons. The summed E-state index contributed by atoms with van der Waals surface area (Å²) in [6, 6.07) is 0. The van der Waals surface area contributed by atoms with E-state index in [-0.39, 0.29) is 5.54 Å². The van der Waals surface area contributed by atoms with Gasteiger partial charge in [0.25, 0.3) is 0 Å². The Balaban J connectivity index is 2.06. The van der Waals surface area contributed by atoms with Crippen molar-refractivity contribution in [1.82, 2.24) is 9.55 Å². The van der Waals surface area contributed by atoms with Crippen molar-refractivity contribution in [1.29, 1.82) is 0 Å². The minimum atomic E-state index is -0.212. The summed E-state index contributed by atoms with van der Waals surface area (Å²) in [6.45, 7) is 4.57. The first-order valence-electron chi connectivity index (χ1n) is 5.60. The molecule has 15 heavy (non-hydrogen) atoms. The van der Waals surface area contributed by atoms with Crippen LogP contribution in [0.15, 0.2) is 12.4 Å². The zero-order valence-corrected chi connectivity index (χ0v) is 9.28. The standard InChI is InChI=1S/C11H19N3O/c1-2-14-6-5-13-10(14)8-11(12)4-3-7-15-9-11/h5-6H,2-4,7-9,12H2,1H3. The predicted octanol–water partition coefficient (Wildman–Crippen LogP) is 0.953. The van der Waals surface area contributed by atoms with Gasteiger partial charge in [-0.05, 0) is 19.8 Å². The van der Waals surface area contributed by atoms with Crippen molar-refractivity contribution in [2.45, 2.75) is 38.3 Å². The maximum absolute atomic E-state index is 6.30. The molecule has 1 unspecified atom stereocenters. The molecule has 0 bridgehead atoms. The molecule has 1 aliphatic rings. The third-order valence-electron chi connectivity index (χ3n) is 3.01. The molecule has 0 aliphatic carbocycles. The third kappa shape index (κ3) is 2.38. The largest absolute Gasteiger partial charge is 0.380 e. The smallest absolute Gasteiger partial charge is 0.110 e. The second-order valence-electron chi connectivity index (χ2n) is 4.32. The van der Waals surface area contributed by atoms with E-state index in [0.29, 0.717) is 6.61 Å². The van der Waals surface area contributed by atoms with Crippen molar-refractivity contribution in [2.75, 3.05) is 13.2 Å². The normalized spacial score (nSPS) is 26.8. The van der Waals surface area contributed by atoms with Crippen molar-refractivity contribution in [3.63, 3.8) is 0 Å². The van der Waals surface area contributed by atoms with E-state index < -0.39 is 0 Å². The van der Waals surface area contributed by atoms with Gasteiger partial charge in [-0.25, -0.2) is 4.98 Å². The highest BCUT2D eigenvalue weighted by atomic mass is 16.5. The highest BCUT2D eigenvalue weighted by molar-refractivity contribution is 5.01. The van der Waals surface area contributed by atoms with Crippen LogP contribution in [0.1, 0.15) is 25.6 Å². The predicted molar refractivity (Wildman–Crippen MR) is 58.6 cm³/mol. The van der Waals surface area contributed by atoms with Gasteiger partial charge >= 0.3 is 0 Å². The van der Waals surface area contributed by atoms with Crippen LogP contribution in [0.4, 0.5) is 0 Å². The average molecular weight is 209 g/mol. The van der Waals surface area contributed by atoms with Gasteiger partial charge in [0.1, 0.15) is 5.82 Å². The van der Waals surface area contributed by atoms with Crippen LogP contribution in [-0.4, -0.2) is 28.3 Å². The fourth-order valence-electron chi connectivity index (χ4n) is 2.12. The van der Waals surface area contributed by atoms with E-state index in [4.69, 9.17) is 10.5 Å². The highest BCUT2D eigenvalue weighted by Gasteiger charge is 2.29. The molecule has 0 aromatic carbocycles. The molecule has 84 valence electrons. The van der Waals surface area contributed by atoms with Gasteiger partial charge in [0.05, 0.1) is 6.61 Å².